The van der Waals surface area contributed by atoms with E-state index in [1.165, 1.54) is 16.8 Å². The molecule has 184 valence electrons. The number of hydrogen-bond donors (Lipinski definition) is 0. The summed E-state index contributed by atoms with van der Waals surface area (Å²) in [7, 11) is 0. The van der Waals surface area contributed by atoms with E-state index in [1.54, 1.807) is 12.1 Å². The zero-order valence-electron chi connectivity index (χ0n) is 20.7. The van der Waals surface area contributed by atoms with Crippen LogP contribution in [-0.4, -0.2) is 31.4 Å². The molecule has 0 fully saturated rings. The summed E-state index contributed by atoms with van der Waals surface area (Å²) in [6.07, 6.45) is 11.4. The zero-order chi connectivity index (χ0) is 24.9. The third kappa shape index (κ3) is 3.83. The molecule has 4 nitrogen and oxygen atoms in total. The lowest BCUT2D eigenvalue weighted by Crippen LogP contribution is -2.43. The van der Waals surface area contributed by atoms with Gasteiger partial charge < -0.3 is 9.64 Å². The molecule has 0 saturated carbocycles. The number of hydrogen-bond acceptors (Lipinski definition) is 4. The van der Waals surface area contributed by atoms with Crippen LogP contribution in [-0.2, 0) is 4.74 Å². The zero-order valence-corrected chi connectivity index (χ0v) is 20.7. The molecule has 3 aromatic carbocycles. The van der Waals surface area contributed by atoms with Crippen molar-refractivity contribution in [2.75, 3.05) is 24.6 Å². The van der Waals surface area contributed by atoms with Gasteiger partial charge in [-0.15, -0.1) is 0 Å². The van der Waals surface area contributed by atoms with Gasteiger partial charge in [0.1, 0.15) is 0 Å². The number of carbonyl (C=O) groups is 2. The Hall–Kier alpha value is -3.92. The molecular weight excluding hydrogens is 458 g/mol. The molecule has 37 heavy (non-hydrogen) atoms. The minimum absolute atomic E-state index is 0.198. The van der Waals surface area contributed by atoms with Crippen molar-refractivity contribution in [2.45, 2.75) is 24.7 Å². The Labute approximate surface area is 217 Å². The number of Topliss-reactive ketones (excluding diaryl/α,β-unsaturated/α-hetero) is 1. The molecule has 7 rings (SSSR count). The first-order chi connectivity index (χ1) is 18.2. The number of rotatable bonds is 5. The molecule has 0 amide bonds. The van der Waals surface area contributed by atoms with Gasteiger partial charge in [-0.25, -0.2) is 4.79 Å². The van der Waals surface area contributed by atoms with E-state index in [-0.39, 0.29) is 12.4 Å². The van der Waals surface area contributed by atoms with E-state index in [2.05, 4.69) is 29.2 Å². The van der Waals surface area contributed by atoms with Crippen molar-refractivity contribution in [1.29, 1.82) is 0 Å². The van der Waals surface area contributed by atoms with E-state index in [0.717, 1.165) is 37.1 Å². The standard InChI is InChI=1S/C33H29NO3/c35-31(23-14-12-22(13-15-23)21-6-2-1-3-7-21)20-37-33(36)26-16-29-27-10-4-8-24(27)18-34-19-25-9-5-11-28(25)30(17-26)32(29)34/h1-7,10-17,24-25,27-28H,8-9,18-20H2. The summed E-state index contributed by atoms with van der Waals surface area (Å²) in [5, 5.41) is 0. The number of ketones is 1. The van der Waals surface area contributed by atoms with Gasteiger partial charge in [0, 0.05) is 36.2 Å². The van der Waals surface area contributed by atoms with Crippen molar-refractivity contribution in [3.63, 3.8) is 0 Å². The molecule has 0 bridgehead atoms. The van der Waals surface area contributed by atoms with Crippen LogP contribution in [0.15, 0.2) is 91.0 Å². The average molecular weight is 488 g/mol. The molecule has 0 N–H and O–H groups in total. The average Bonchev–Trinajstić information content (AvgIpc) is 3.62. The predicted molar refractivity (Wildman–Crippen MR) is 145 cm³/mol. The van der Waals surface area contributed by atoms with E-state index in [1.807, 2.05) is 54.6 Å². The molecule has 0 radical (unpaired) electrons. The number of ether oxygens (including phenoxy) is 1. The van der Waals surface area contributed by atoms with Gasteiger partial charge in [-0.3, -0.25) is 4.79 Å². The van der Waals surface area contributed by atoms with Crippen LogP contribution in [0.5, 0.6) is 0 Å². The Morgan fingerprint density at radius 1 is 0.757 bits per heavy atom. The number of fused-ring (bicyclic) bond motifs is 4. The highest BCUT2D eigenvalue weighted by atomic mass is 16.5. The Morgan fingerprint density at radius 3 is 1.97 bits per heavy atom. The first-order valence-electron chi connectivity index (χ1n) is 13.3. The van der Waals surface area contributed by atoms with Crippen LogP contribution in [0.4, 0.5) is 5.69 Å². The predicted octanol–water partition coefficient (Wildman–Crippen LogP) is 6.55. The van der Waals surface area contributed by atoms with Crippen LogP contribution in [0.25, 0.3) is 11.1 Å². The van der Waals surface area contributed by atoms with Gasteiger partial charge in [0.05, 0.1) is 5.56 Å². The summed E-state index contributed by atoms with van der Waals surface area (Å²) >= 11 is 0. The minimum atomic E-state index is -0.423. The monoisotopic (exact) mass is 487 g/mol. The molecule has 4 atom stereocenters. The highest BCUT2D eigenvalue weighted by Crippen LogP contribution is 2.53. The summed E-state index contributed by atoms with van der Waals surface area (Å²) in [5.41, 5.74) is 7.06. The molecular formula is C33H29NO3. The maximum atomic E-state index is 13.2. The molecule has 0 aromatic heterocycles. The van der Waals surface area contributed by atoms with E-state index in [4.69, 9.17) is 4.74 Å². The fraction of sp³-hybridized carbons (Fsp3) is 0.273. The molecule has 2 aliphatic heterocycles. The lowest BCUT2D eigenvalue weighted by Gasteiger charge is -2.46. The van der Waals surface area contributed by atoms with Gasteiger partial charge in [0.25, 0.3) is 0 Å². The maximum Gasteiger partial charge on any atom is 0.338 e. The second-order valence-corrected chi connectivity index (χ2v) is 10.8. The van der Waals surface area contributed by atoms with Gasteiger partial charge in [0.15, 0.2) is 12.4 Å². The topological polar surface area (TPSA) is 46.6 Å². The Kier molecular flexibility index (Phi) is 5.35. The Bertz CT molecular complexity index is 1390. The lowest BCUT2D eigenvalue weighted by molar-refractivity contribution is 0.0474. The summed E-state index contributed by atoms with van der Waals surface area (Å²) in [5.74, 6) is 1.22. The summed E-state index contributed by atoms with van der Waals surface area (Å²) < 4.78 is 5.58. The second-order valence-electron chi connectivity index (χ2n) is 10.8. The van der Waals surface area contributed by atoms with E-state index >= 15 is 0 Å². The van der Waals surface area contributed by atoms with Crippen molar-refractivity contribution in [3.8, 4) is 11.1 Å². The number of benzene rings is 3. The van der Waals surface area contributed by atoms with Crippen LogP contribution < -0.4 is 4.90 Å². The van der Waals surface area contributed by atoms with Crippen molar-refractivity contribution in [3.05, 3.63) is 113 Å². The SMILES string of the molecule is O=C(COC(=O)c1cc2c3c(c1)C1C=CCC1CN3CC1CC=CC21)c1ccc(-c2ccccc2)cc1. The second kappa shape index (κ2) is 8.88. The Morgan fingerprint density at radius 2 is 1.35 bits per heavy atom. The number of carbonyl (C=O) groups excluding carboxylic acids is 2. The third-order valence-corrected chi connectivity index (χ3v) is 8.58. The van der Waals surface area contributed by atoms with Crippen LogP contribution in [0, 0.1) is 11.8 Å². The maximum absolute atomic E-state index is 13.2. The van der Waals surface area contributed by atoms with Crippen molar-refractivity contribution in [1.82, 2.24) is 0 Å². The van der Waals surface area contributed by atoms with Crippen LogP contribution in [0.2, 0.25) is 0 Å². The highest BCUT2D eigenvalue weighted by Gasteiger charge is 2.42. The van der Waals surface area contributed by atoms with Gasteiger partial charge in [-0.1, -0.05) is 78.9 Å². The van der Waals surface area contributed by atoms with Crippen LogP contribution in [0.3, 0.4) is 0 Å². The summed E-state index contributed by atoms with van der Waals surface area (Å²) in [6, 6.07) is 21.6. The molecule has 4 heteroatoms. The molecule has 3 aromatic rings. The van der Waals surface area contributed by atoms with E-state index < -0.39 is 5.97 Å². The van der Waals surface area contributed by atoms with Crippen LogP contribution >= 0.6 is 0 Å². The van der Waals surface area contributed by atoms with Crippen molar-refractivity contribution >= 4 is 17.4 Å². The number of anilines is 1. The highest BCUT2D eigenvalue weighted by molar-refractivity contribution is 6.00. The van der Waals surface area contributed by atoms with Crippen molar-refractivity contribution < 1.29 is 14.3 Å². The molecule has 0 saturated heterocycles. The summed E-state index contributed by atoms with van der Waals surface area (Å²) in [6.45, 7) is 1.91. The Balaban J connectivity index is 1.12. The molecule has 0 spiro atoms. The quantitative estimate of drug-likeness (QED) is 0.233. The normalized spacial score (nSPS) is 24.4. The largest absolute Gasteiger partial charge is 0.454 e. The molecule has 2 aliphatic carbocycles. The molecule has 4 aliphatic rings. The van der Waals surface area contributed by atoms with Gasteiger partial charge in [-0.2, -0.15) is 0 Å². The number of allylic oxidation sites excluding steroid dienone is 4. The lowest BCUT2D eigenvalue weighted by atomic mass is 9.74. The molecule has 4 unspecified atom stereocenters. The van der Waals surface area contributed by atoms with Crippen LogP contribution in [0.1, 0.15) is 56.5 Å². The van der Waals surface area contributed by atoms with Gasteiger partial charge in [0.2, 0.25) is 0 Å². The smallest absolute Gasteiger partial charge is 0.338 e. The van der Waals surface area contributed by atoms with Gasteiger partial charge in [-0.05, 0) is 59.1 Å². The van der Waals surface area contributed by atoms with Crippen molar-refractivity contribution in [2.24, 2.45) is 11.8 Å². The van der Waals surface area contributed by atoms with E-state index in [9.17, 15) is 9.59 Å². The number of nitrogens with zero attached hydrogens (tertiary/aromatic N) is 1. The minimum Gasteiger partial charge on any atom is -0.454 e. The van der Waals surface area contributed by atoms with E-state index in [0.29, 0.717) is 34.8 Å². The third-order valence-electron chi connectivity index (χ3n) is 8.58. The first-order valence-corrected chi connectivity index (χ1v) is 13.3. The first kappa shape index (κ1) is 22.3. The van der Waals surface area contributed by atoms with Gasteiger partial charge >= 0.3 is 5.97 Å². The number of esters is 1. The fourth-order valence-electron chi connectivity index (χ4n) is 6.77. The fourth-order valence-corrected chi connectivity index (χ4v) is 6.77. The summed E-state index contributed by atoms with van der Waals surface area (Å²) in [4.78, 5) is 28.6. The molecule has 2 heterocycles.